The fraction of sp³-hybridized carbons (Fsp3) is 0.609. The molecular formula is C23H36N2O3. The Balaban J connectivity index is 3.00. The molecule has 0 unspecified atom stereocenters. The molecule has 1 aromatic rings. The lowest BCUT2D eigenvalue weighted by molar-refractivity contribution is -0.133. The summed E-state index contributed by atoms with van der Waals surface area (Å²) >= 11 is 0. The predicted molar refractivity (Wildman–Crippen MR) is 112 cm³/mol. The second-order valence-electron chi connectivity index (χ2n) is 7.99. The standard InChI is InChI=1S/C23H36N2O3/c1-6-15(3)17(5)23(28)25-20(13-18-11-9-8-10-12-18)21(26)14-19(22(24)27)16(4)7-2/h8-12,15-17,19-20H,6-7,13-14H2,1-5H3,(H2,24,27)(H,25,28)/t15-,16-,17-,19-,20-/m0/s1. The maximum Gasteiger partial charge on any atom is 0.223 e. The number of ketones is 1. The monoisotopic (exact) mass is 388 g/mol. The number of hydrogen-bond donors (Lipinski definition) is 2. The first kappa shape index (κ1) is 23.9. The van der Waals surface area contributed by atoms with Crippen molar-refractivity contribution < 1.29 is 14.4 Å². The second-order valence-corrected chi connectivity index (χ2v) is 7.99. The average molecular weight is 389 g/mol. The van der Waals surface area contributed by atoms with E-state index < -0.39 is 17.9 Å². The number of primary amides is 1. The molecule has 0 aliphatic carbocycles. The molecule has 0 aliphatic heterocycles. The summed E-state index contributed by atoms with van der Waals surface area (Å²) in [7, 11) is 0. The van der Waals surface area contributed by atoms with Crippen molar-refractivity contribution in [2.24, 2.45) is 29.4 Å². The first-order valence-corrected chi connectivity index (χ1v) is 10.4. The van der Waals surface area contributed by atoms with Gasteiger partial charge in [0, 0.05) is 18.3 Å². The largest absolute Gasteiger partial charge is 0.369 e. The van der Waals surface area contributed by atoms with Gasteiger partial charge in [-0.25, -0.2) is 0 Å². The summed E-state index contributed by atoms with van der Waals surface area (Å²) < 4.78 is 0. The normalized spacial score (nSPS) is 16.5. The topological polar surface area (TPSA) is 89.3 Å². The Morgan fingerprint density at radius 2 is 1.54 bits per heavy atom. The van der Waals surface area contributed by atoms with Crippen LogP contribution in [-0.2, 0) is 20.8 Å². The van der Waals surface area contributed by atoms with Gasteiger partial charge in [-0.2, -0.15) is 0 Å². The Hall–Kier alpha value is -2.17. The molecule has 5 nitrogen and oxygen atoms in total. The zero-order chi connectivity index (χ0) is 21.3. The van der Waals surface area contributed by atoms with Gasteiger partial charge >= 0.3 is 0 Å². The maximum absolute atomic E-state index is 13.1. The van der Waals surface area contributed by atoms with Gasteiger partial charge in [0.05, 0.1) is 6.04 Å². The molecule has 28 heavy (non-hydrogen) atoms. The first-order valence-electron chi connectivity index (χ1n) is 10.4. The zero-order valence-electron chi connectivity index (χ0n) is 17.9. The molecule has 2 amide bonds. The highest BCUT2D eigenvalue weighted by Gasteiger charge is 2.30. The number of rotatable bonds is 12. The summed E-state index contributed by atoms with van der Waals surface area (Å²) in [5, 5.41) is 2.94. The van der Waals surface area contributed by atoms with E-state index >= 15 is 0 Å². The summed E-state index contributed by atoms with van der Waals surface area (Å²) in [6.45, 7) is 9.87. The molecule has 0 saturated heterocycles. The van der Waals surface area contributed by atoms with Gasteiger partial charge in [-0.3, -0.25) is 14.4 Å². The van der Waals surface area contributed by atoms with Crippen LogP contribution in [0.2, 0.25) is 0 Å². The summed E-state index contributed by atoms with van der Waals surface area (Å²) in [5.74, 6) is -1.17. The summed E-state index contributed by atoms with van der Waals surface area (Å²) in [4.78, 5) is 37.6. The van der Waals surface area contributed by atoms with Gasteiger partial charge in [0.1, 0.15) is 0 Å². The number of amides is 2. The van der Waals surface area contributed by atoms with Crippen molar-refractivity contribution in [1.29, 1.82) is 0 Å². The molecule has 0 heterocycles. The lowest BCUT2D eigenvalue weighted by atomic mass is 9.84. The SMILES string of the molecule is CC[C@H](C)[C@H](C)C(=O)N[C@@H](Cc1ccccc1)C(=O)C[C@H](C(N)=O)[C@@H](C)CC. The quantitative estimate of drug-likeness (QED) is 0.574. The van der Waals surface area contributed by atoms with Crippen molar-refractivity contribution in [3.8, 4) is 0 Å². The van der Waals surface area contributed by atoms with Gasteiger partial charge in [-0.15, -0.1) is 0 Å². The second kappa shape index (κ2) is 11.6. The van der Waals surface area contributed by atoms with Crippen molar-refractivity contribution in [2.45, 2.75) is 66.3 Å². The summed E-state index contributed by atoms with van der Waals surface area (Å²) in [6, 6.07) is 8.94. The van der Waals surface area contributed by atoms with Gasteiger partial charge < -0.3 is 11.1 Å². The molecule has 0 aromatic heterocycles. The number of carbonyl (C=O) groups excluding carboxylic acids is 3. The van der Waals surface area contributed by atoms with E-state index in [1.165, 1.54) is 0 Å². The number of benzene rings is 1. The molecule has 3 N–H and O–H groups in total. The molecule has 0 saturated carbocycles. The lowest BCUT2D eigenvalue weighted by Gasteiger charge is -2.25. The van der Waals surface area contributed by atoms with Gasteiger partial charge in [0.25, 0.3) is 0 Å². The number of nitrogens with one attached hydrogen (secondary N) is 1. The predicted octanol–water partition coefficient (Wildman–Crippen LogP) is 3.50. The van der Waals surface area contributed by atoms with E-state index in [1.54, 1.807) is 0 Å². The Kier molecular flexibility index (Phi) is 9.91. The molecule has 5 heteroatoms. The van der Waals surface area contributed by atoms with Crippen LogP contribution in [-0.4, -0.2) is 23.6 Å². The van der Waals surface area contributed by atoms with Gasteiger partial charge in [0.15, 0.2) is 5.78 Å². The van der Waals surface area contributed by atoms with Gasteiger partial charge in [0.2, 0.25) is 11.8 Å². The molecule has 0 bridgehead atoms. The average Bonchev–Trinajstić information content (AvgIpc) is 2.69. The van der Waals surface area contributed by atoms with Crippen LogP contribution in [0.15, 0.2) is 30.3 Å². The molecule has 0 radical (unpaired) electrons. The highest BCUT2D eigenvalue weighted by molar-refractivity contribution is 5.92. The molecule has 1 rings (SSSR count). The van der Waals surface area contributed by atoms with Crippen LogP contribution in [0.5, 0.6) is 0 Å². The summed E-state index contributed by atoms with van der Waals surface area (Å²) in [6.07, 6.45) is 2.12. The molecule has 156 valence electrons. The van der Waals surface area contributed by atoms with E-state index in [-0.39, 0.29) is 35.9 Å². The molecule has 1 aromatic carbocycles. The number of Topliss-reactive ketones (excluding diaryl/α,β-unsaturated/α-hetero) is 1. The molecule has 0 fully saturated rings. The zero-order valence-corrected chi connectivity index (χ0v) is 17.9. The minimum absolute atomic E-state index is 0.0218. The Labute approximate surface area is 169 Å². The number of carbonyl (C=O) groups is 3. The highest BCUT2D eigenvalue weighted by Crippen LogP contribution is 2.21. The van der Waals surface area contributed by atoms with E-state index in [0.717, 1.165) is 18.4 Å². The molecule has 0 aliphatic rings. The third-order valence-corrected chi connectivity index (χ3v) is 6.02. The van der Waals surface area contributed by atoms with Crippen LogP contribution in [0.1, 0.15) is 59.4 Å². The Morgan fingerprint density at radius 1 is 0.964 bits per heavy atom. The van der Waals surface area contributed by atoms with Crippen LogP contribution in [0.4, 0.5) is 0 Å². The van der Waals surface area contributed by atoms with Gasteiger partial charge in [-0.1, -0.05) is 77.8 Å². The minimum Gasteiger partial charge on any atom is -0.369 e. The molecular weight excluding hydrogens is 352 g/mol. The van der Waals surface area contributed by atoms with Crippen molar-refractivity contribution in [2.75, 3.05) is 0 Å². The maximum atomic E-state index is 13.1. The van der Waals surface area contributed by atoms with Crippen LogP contribution >= 0.6 is 0 Å². The fourth-order valence-corrected chi connectivity index (χ4v) is 3.24. The summed E-state index contributed by atoms with van der Waals surface area (Å²) in [5.41, 5.74) is 6.51. The minimum atomic E-state index is -0.660. The van der Waals surface area contributed by atoms with Crippen molar-refractivity contribution in [1.82, 2.24) is 5.32 Å². The number of hydrogen-bond acceptors (Lipinski definition) is 3. The fourth-order valence-electron chi connectivity index (χ4n) is 3.24. The van der Waals surface area contributed by atoms with E-state index in [2.05, 4.69) is 5.32 Å². The van der Waals surface area contributed by atoms with Gasteiger partial charge in [-0.05, 0) is 23.8 Å². The van der Waals surface area contributed by atoms with Crippen LogP contribution in [0, 0.1) is 23.7 Å². The molecule has 5 atom stereocenters. The van der Waals surface area contributed by atoms with Crippen LogP contribution < -0.4 is 11.1 Å². The highest BCUT2D eigenvalue weighted by atomic mass is 16.2. The van der Waals surface area contributed by atoms with Crippen LogP contribution in [0.3, 0.4) is 0 Å². The third kappa shape index (κ3) is 7.10. The number of nitrogens with two attached hydrogens (primary N) is 1. The molecule has 0 spiro atoms. The first-order chi connectivity index (χ1) is 13.2. The Morgan fingerprint density at radius 3 is 2.04 bits per heavy atom. The Bertz CT molecular complexity index is 645. The smallest absolute Gasteiger partial charge is 0.223 e. The van der Waals surface area contributed by atoms with E-state index in [4.69, 9.17) is 5.73 Å². The van der Waals surface area contributed by atoms with E-state index in [9.17, 15) is 14.4 Å². The van der Waals surface area contributed by atoms with E-state index in [0.29, 0.717) is 6.42 Å². The van der Waals surface area contributed by atoms with Crippen molar-refractivity contribution in [3.63, 3.8) is 0 Å². The van der Waals surface area contributed by atoms with E-state index in [1.807, 2.05) is 65.0 Å². The van der Waals surface area contributed by atoms with Crippen molar-refractivity contribution >= 4 is 17.6 Å². The van der Waals surface area contributed by atoms with Crippen LogP contribution in [0.25, 0.3) is 0 Å². The van der Waals surface area contributed by atoms with Crippen molar-refractivity contribution in [3.05, 3.63) is 35.9 Å². The third-order valence-electron chi connectivity index (χ3n) is 6.02. The lowest BCUT2D eigenvalue weighted by Crippen LogP contribution is -2.47.